The van der Waals surface area contributed by atoms with E-state index in [1.165, 1.54) is 5.56 Å². The van der Waals surface area contributed by atoms with Crippen LogP contribution in [0.2, 0.25) is 0 Å². The molecule has 0 fully saturated rings. The summed E-state index contributed by atoms with van der Waals surface area (Å²) in [5.41, 5.74) is 9.24. The smallest absolute Gasteiger partial charge is 0.300 e. The van der Waals surface area contributed by atoms with E-state index in [1.807, 2.05) is 36.4 Å². The Bertz CT molecular complexity index is 659. The Labute approximate surface area is 130 Å². The predicted molar refractivity (Wildman–Crippen MR) is 87.8 cm³/mol. The molecule has 3 N–H and O–H groups in total. The summed E-state index contributed by atoms with van der Waals surface area (Å²) < 4.78 is 0. The molecule has 0 saturated carbocycles. The Hall–Kier alpha value is -2.62. The average molecular weight is 299 g/mol. The third kappa shape index (κ3) is 4.74. The summed E-state index contributed by atoms with van der Waals surface area (Å²) in [5.74, 6) is -0.814. The molecule has 0 aromatic heterocycles. The minimum atomic E-state index is -0.833. The van der Waals surface area contributed by atoms with E-state index in [4.69, 9.17) is 15.6 Å². The number of carbonyl (C=O) groups excluding carboxylic acids is 1. The van der Waals surface area contributed by atoms with Crippen molar-refractivity contribution in [1.29, 1.82) is 0 Å². The van der Waals surface area contributed by atoms with Gasteiger partial charge in [0, 0.05) is 12.5 Å². The molecule has 2 aromatic carbocycles. The highest BCUT2D eigenvalue weighted by Crippen LogP contribution is 2.31. The maximum absolute atomic E-state index is 11.5. The number of nitrogens with two attached hydrogens (primary N) is 1. The number of carboxylic acid groups (broad SMARTS) is 1. The lowest BCUT2D eigenvalue weighted by Crippen LogP contribution is -2.12. The van der Waals surface area contributed by atoms with Gasteiger partial charge in [0.25, 0.3) is 5.97 Å². The van der Waals surface area contributed by atoms with Gasteiger partial charge in [0.05, 0.1) is 0 Å². The third-order valence-corrected chi connectivity index (χ3v) is 3.07. The molecule has 0 atom stereocenters. The highest BCUT2D eigenvalue weighted by Gasteiger charge is 2.13. The second-order valence-corrected chi connectivity index (χ2v) is 5.17. The van der Waals surface area contributed by atoms with Crippen molar-refractivity contribution < 1.29 is 14.7 Å². The van der Waals surface area contributed by atoms with Crippen molar-refractivity contribution in [3.05, 3.63) is 59.7 Å². The molecule has 0 aliphatic carbocycles. The van der Waals surface area contributed by atoms with Crippen molar-refractivity contribution in [2.45, 2.75) is 26.7 Å². The minimum Gasteiger partial charge on any atom is -0.481 e. The lowest BCUT2D eigenvalue weighted by Gasteiger charge is -2.14. The van der Waals surface area contributed by atoms with Crippen LogP contribution < -0.4 is 5.73 Å². The predicted octanol–water partition coefficient (Wildman–Crippen LogP) is 3.67. The largest absolute Gasteiger partial charge is 0.481 e. The molecule has 0 heterocycles. The van der Waals surface area contributed by atoms with Crippen LogP contribution in [0.4, 0.5) is 0 Å². The van der Waals surface area contributed by atoms with Gasteiger partial charge >= 0.3 is 0 Å². The van der Waals surface area contributed by atoms with E-state index in [2.05, 4.69) is 19.9 Å². The van der Waals surface area contributed by atoms with Gasteiger partial charge in [-0.1, -0.05) is 56.3 Å². The zero-order valence-electron chi connectivity index (χ0n) is 13.0. The number of hydrogen-bond acceptors (Lipinski definition) is 2. The van der Waals surface area contributed by atoms with Crippen molar-refractivity contribution >= 4 is 11.9 Å². The van der Waals surface area contributed by atoms with Gasteiger partial charge < -0.3 is 10.8 Å². The first-order valence-electron chi connectivity index (χ1n) is 7.02. The first-order valence-corrected chi connectivity index (χ1v) is 7.02. The number of benzene rings is 2. The molecule has 22 heavy (non-hydrogen) atoms. The fourth-order valence-electron chi connectivity index (χ4n) is 2.18. The van der Waals surface area contributed by atoms with Crippen molar-refractivity contribution in [2.75, 3.05) is 0 Å². The van der Waals surface area contributed by atoms with Gasteiger partial charge in [0.2, 0.25) is 5.91 Å². The van der Waals surface area contributed by atoms with E-state index in [9.17, 15) is 4.79 Å². The number of rotatable bonds is 3. The second-order valence-electron chi connectivity index (χ2n) is 5.17. The molecule has 0 unspecified atom stereocenters. The van der Waals surface area contributed by atoms with E-state index >= 15 is 0 Å². The maximum atomic E-state index is 11.5. The molecular weight excluding hydrogens is 278 g/mol. The molecule has 2 aromatic rings. The van der Waals surface area contributed by atoms with Gasteiger partial charge in [-0.2, -0.15) is 0 Å². The van der Waals surface area contributed by atoms with Crippen LogP contribution >= 0.6 is 0 Å². The third-order valence-electron chi connectivity index (χ3n) is 3.07. The van der Waals surface area contributed by atoms with E-state index in [0.717, 1.165) is 18.1 Å². The zero-order valence-corrected chi connectivity index (χ0v) is 13.0. The number of carbonyl (C=O) groups is 2. The van der Waals surface area contributed by atoms with Gasteiger partial charge in [-0.25, -0.2) is 0 Å². The van der Waals surface area contributed by atoms with Crippen LogP contribution in [0.1, 0.15) is 42.6 Å². The topological polar surface area (TPSA) is 80.4 Å². The normalized spacial score (nSPS) is 9.82. The van der Waals surface area contributed by atoms with Crippen LogP contribution in [0.15, 0.2) is 48.5 Å². The van der Waals surface area contributed by atoms with Gasteiger partial charge in [0.1, 0.15) is 0 Å². The van der Waals surface area contributed by atoms with Crippen molar-refractivity contribution in [3.8, 4) is 11.1 Å². The van der Waals surface area contributed by atoms with Gasteiger partial charge in [-0.05, 0) is 28.7 Å². The van der Waals surface area contributed by atoms with Crippen molar-refractivity contribution in [1.82, 2.24) is 0 Å². The summed E-state index contributed by atoms with van der Waals surface area (Å²) in [5, 5.41) is 7.42. The molecule has 0 saturated heterocycles. The number of carboxylic acids is 1. The zero-order chi connectivity index (χ0) is 16.7. The monoisotopic (exact) mass is 299 g/mol. The summed E-state index contributed by atoms with van der Waals surface area (Å²) in [6.45, 7) is 5.37. The maximum Gasteiger partial charge on any atom is 0.300 e. The molecule has 1 amide bonds. The highest BCUT2D eigenvalue weighted by molar-refractivity contribution is 6.00. The highest BCUT2D eigenvalue weighted by atomic mass is 16.4. The van der Waals surface area contributed by atoms with Gasteiger partial charge in [-0.15, -0.1) is 0 Å². The SMILES string of the molecule is CC(=O)O.CC(C)c1ccccc1-c1ccccc1C(N)=O. The summed E-state index contributed by atoms with van der Waals surface area (Å²) in [6.07, 6.45) is 0. The van der Waals surface area contributed by atoms with Crippen LogP contribution in [0, 0.1) is 0 Å². The first kappa shape index (κ1) is 17.4. The van der Waals surface area contributed by atoms with E-state index < -0.39 is 5.97 Å². The molecule has 0 aliphatic rings. The molecule has 0 radical (unpaired) electrons. The number of amides is 1. The number of hydrogen-bond donors (Lipinski definition) is 2. The average Bonchev–Trinajstić information content (AvgIpc) is 2.46. The Kier molecular flexibility index (Phi) is 6.32. The van der Waals surface area contributed by atoms with E-state index in [1.54, 1.807) is 6.07 Å². The van der Waals surface area contributed by atoms with Crippen LogP contribution in [0.3, 0.4) is 0 Å². The quantitative estimate of drug-likeness (QED) is 0.907. The minimum absolute atomic E-state index is 0.385. The fraction of sp³-hybridized carbons (Fsp3) is 0.222. The standard InChI is InChI=1S/C16H17NO.C2H4O2/c1-11(2)12-7-3-4-8-13(12)14-9-5-6-10-15(14)16(17)18;1-2(3)4/h3-11H,1-2H3,(H2,17,18);1H3,(H,3,4). The van der Waals surface area contributed by atoms with Crippen LogP contribution in [0.25, 0.3) is 11.1 Å². The van der Waals surface area contributed by atoms with Gasteiger partial charge in [0.15, 0.2) is 0 Å². The molecule has 2 rings (SSSR count). The second kappa shape index (κ2) is 7.98. The van der Waals surface area contributed by atoms with Crippen LogP contribution in [0.5, 0.6) is 0 Å². The summed E-state index contributed by atoms with van der Waals surface area (Å²) >= 11 is 0. The van der Waals surface area contributed by atoms with Gasteiger partial charge in [-0.3, -0.25) is 9.59 Å². The lowest BCUT2D eigenvalue weighted by atomic mass is 9.90. The molecule has 4 nitrogen and oxygen atoms in total. The summed E-state index contributed by atoms with van der Waals surface area (Å²) in [4.78, 5) is 20.5. The fourth-order valence-corrected chi connectivity index (χ4v) is 2.18. The van der Waals surface area contributed by atoms with Crippen LogP contribution in [-0.2, 0) is 4.79 Å². The summed E-state index contributed by atoms with van der Waals surface area (Å²) in [7, 11) is 0. The molecule has 4 heteroatoms. The lowest BCUT2D eigenvalue weighted by molar-refractivity contribution is -0.134. The van der Waals surface area contributed by atoms with Crippen molar-refractivity contribution in [3.63, 3.8) is 0 Å². The Balaban J connectivity index is 0.000000541. The van der Waals surface area contributed by atoms with Crippen molar-refractivity contribution in [2.24, 2.45) is 5.73 Å². The summed E-state index contributed by atoms with van der Waals surface area (Å²) in [6, 6.07) is 15.6. The molecular formula is C18H21NO3. The Morgan fingerprint density at radius 2 is 1.41 bits per heavy atom. The molecule has 0 bridgehead atoms. The molecule has 0 aliphatic heterocycles. The van der Waals surface area contributed by atoms with E-state index in [0.29, 0.717) is 11.5 Å². The Morgan fingerprint density at radius 3 is 1.91 bits per heavy atom. The molecule has 116 valence electrons. The molecule has 0 spiro atoms. The number of primary amides is 1. The van der Waals surface area contributed by atoms with Crippen LogP contribution in [-0.4, -0.2) is 17.0 Å². The first-order chi connectivity index (χ1) is 10.3. The van der Waals surface area contributed by atoms with E-state index in [-0.39, 0.29) is 5.91 Å². The number of aliphatic carboxylic acids is 1. The Morgan fingerprint density at radius 1 is 0.955 bits per heavy atom.